The van der Waals surface area contributed by atoms with Crippen LogP contribution in [0.25, 0.3) is 0 Å². The summed E-state index contributed by atoms with van der Waals surface area (Å²) >= 11 is 0. The molecule has 0 aromatic carbocycles. The van der Waals surface area contributed by atoms with Crippen molar-refractivity contribution in [3.8, 4) is 0 Å². The van der Waals surface area contributed by atoms with Gasteiger partial charge in [0, 0.05) is 52.4 Å². The number of carbonyl (C=O) groups is 1. The smallest absolute Gasteiger partial charge is 0.281 e. The fourth-order valence-electron chi connectivity index (χ4n) is 3.34. The lowest BCUT2D eigenvalue weighted by atomic mass is 10.0. The van der Waals surface area contributed by atoms with E-state index in [1.165, 1.54) is 8.61 Å². The molecule has 0 spiro atoms. The molecule has 8 heteroatoms. The van der Waals surface area contributed by atoms with Gasteiger partial charge in [0.05, 0.1) is 6.04 Å². The first-order chi connectivity index (χ1) is 10.8. The molecule has 1 atom stereocenters. The third-order valence-electron chi connectivity index (χ3n) is 4.95. The highest BCUT2D eigenvalue weighted by atomic mass is 32.2. The lowest BCUT2D eigenvalue weighted by Gasteiger charge is -2.43. The molecule has 0 aromatic rings. The molecule has 0 bridgehead atoms. The largest absolute Gasteiger partial charge is 0.339 e. The number of rotatable bonds is 5. The van der Waals surface area contributed by atoms with Gasteiger partial charge < -0.3 is 4.90 Å². The molecular weight excluding hydrogens is 316 g/mol. The fourth-order valence-corrected chi connectivity index (χ4v) is 4.68. The molecule has 1 amide bonds. The summed E-state index contributed by atoms with van der Waals surface area (Å²) in [5, 5.41) is 0. The van der Waals surface area contributed by atoms with Crippen LogP contribution in [0.15, 0.2) is 0 Å². The lowest BCUT2D eigenvalue weighted by molar-refractivity contribution is -0.142. The molecule has 7 nitrogen and oxygen atoms in total. The van der Waals surface area contributed by atoms with Crippen molar-refractivity contribution in [2.24, 2.45) is 0 Å². The molecule has 2 heterocycles. The highest BCUT2D eigenvalue weighted by molar-refractivity contribution is 7.86. The summed E-state index contributed by atoms with van der Waals surface area (Å²) in [5.41, 5.74) is 0. The second-order valence-corrected chi connectivity index (χ2v) is 8.68. The van der Waals surface area contributed by atoms with Crippen LogP contribution in [-0.4, -0.2) is 91.1 Å². The Kier molecular flexibility index (Phi) is 6.05. The van der Waals surface area contributed by atoms with Gasteiger partial charge in [-0.05, 0) is 26.7 Å². The summed E-state index contributed by atoms with van der Waals surface area (Å²) < 4.78 is 27.6. The lowest BCUT2D eigenvalue weighted by Crippen LogP contribution is -2.60. The Labute approximate surface area is 140 Å². The molecule has 2 aliphatic heterocycles. The van der Waals surface area contributed by atoms with Crippen LogP contribution in [0.2, 0.25) is 0 Å². The number of piperazine rings is 1. The Bertz CT molecular complexity index is 515. The molecule has 23 heavy (non-hydrogen) atoms. The summed E-state index contributed by atoms with van der Waals surface area (Å²) in [7, 11) is -1.76. The molecule has 2 rings (SSSR count). The molecule has 2 fully saturated rings. The van der Waals surface area contributed by atoms with Gasteiger partial charge in [0.25, 0.3) is 10.2 Å². The van der Waals surface area contributed by atoms with E-state index in [0.29, 0.717) is 32.7 Å². The van der Waals surface area contributed by atoms with Crippen LogP contribution in [0.1, 0.15) is 33.6 Å². The Hall–Kier alpha value is -0.700. The zero-order valence-corrected chi connectivity index (χ0v) is 15.5. The van der Waals surface area contributed by atoms with E-state index in [-0.39, 0.29) is 18.0 Å². The van der Waals surface area contributed by atoms with Crippen molar-refractivity contribution < 1.29 is 13.2 Å². The molecule has 0 unspecified atom stereocenters. The maximum atomic E-state index is 12.6. The molecule has 0 aromatic heterocycles. The average Bonchev–Trinajstić information content (AvgIpc) is 2.54. The number of piperidine rings is 1. The SMILES string of the molecule is CCN(C)S(=O)(=O)N1CCN([C@@H]2CCCN(C(C)C)C2=O)CC1. The number of amides is 1. The summed E-state index contributed by atoms with van der Waals surface area (Å²) in [6.45, 7) is 9.38. The van der Waals surface area contributed by atoms with Crippen LogP contribution < -0.4 is 0 Å². The zero-order chi connectivity index (χ0) is 17.2. The highest BCUT2D eigenvalue weighted by Gasteiger charge is 2.37. The molecular formula is C15H30N4O3S. The van der Waals surface area contributed by atoms with Crippen molar-refractivity contribution in [3.05, 3.63) is 0 Å². The summed E-state index contributed by atoms with van der Waals surface area (Å²) in [6.07, 6.45) is 1.90. The van der Waals surface area contributed by atoms with E-state index in [1.807, 2.05) is 25.7 Å². The number of likely N-dealkylation sites (tertiary alicyclic amines) is 1. The Balaban J connectivity index is 1.98. The van der Waals surface area contributed by atoms with Gasteiger partial charge in [-0.3, -0.25) is 9.69 Å². The number of hydrogen-bond acceptors (Lipinski definition) is 4. The molecule has 134 valence electrons. The first kappa shape index (κ1) is 18.6. The van der Waals surface area contributed by atoms with Crippen LogP contribution >= 0.6 is 0 Å². The first-order valence-electron chi connectivity index (χ1n) is 8.55. The fraction of sp³-hybridized carbons (Fsp3) is 0.933. The van der Waals surface area contributed by atoms with Crippen LogP contribution in [0.3, 0.4) is 0 Å². The van der Waals surface area contributed by atoms with Gasteiger partial charge in [-0.15, -0.1) is 0 Å². The average molecular weight is 346 g/mol. The normalized spacial score (nSPS) is 25.6. The van der Waals surface area contributed by atoms with Gasteiger partial charge in [-0.25, -0.2) is 0 Å². The number of hydrogen-bond donors (Lipinski definition) is 0. The minimum absolute atomic E-state index is 0.0834. The van der Waals surface area contributed by atoms with Crippen LogP contribution in [0.5, 0.6) is 0 Å². The summed E-state index contributed by atoms with van der Waals surface area (Å²) in [4.78, 5) is 16.8. The van der Waals surface area contributed by atoms with Crippen LogP contribution in [0.4, 0.5) is 0 Å². The van der Waals surface area contributed by atoms with E-state index in [9.17, 15) is 13.2 Å². The van der Waals surface area contributed by atoms with Crippen molar-refractivity contribution in [2.45, 2.75) is 45.7 Å². The number of carbonyl (C=O) groups excluding carboxylic acids is 1. The first-order valence-corrected chi connectivity index (χ1v) is 9.94. The third-order valence-corrected chi connectivity index (χ3v) is 7.01. The van der Waals surface area contributed by atoms with Crippen molar-refractivity contribution in [1.82, 2.24) is 18.4 Å². The Morgan fingerprint density at radius 2 is 1.78 bits per heavy atom. The van der Waals surface area contributed by atoms with E-state index >= 15 is 0 Å². The maximum absolute atomic E-state index is 12.6. The van der Waals surface area contributed by atoms with E-state index in [2.05, 4.69) is 4.90 Å². The Morgan fingerprint density at radius 3 is 2.30 bits per heavy atom. The Morgan fingerprint density at radius 1 is 1.17 bits per heavy atom. The van der Waals surface area contributed by atoms with E-state index in [1.54, 1.807) is 7.05 Å². The van der Waals surface area contributed by atoms with E-state index < -0.39 is 10.2 Å². The molecule has 0 radical (unpaired) electrons. The molecule has 2 saturated heterocycles. The van der Waals surface area contributed by atoms with E-state index in [4.69, 9.17) is 0 Å². The zero-order valence-electron chi connectivity index (χ0n) is 14.7. The van der Waals surface area contributed by atoms with Gasteiger partial charge in [0.15, 0.2) is 0 Å². The quantitative estimate of drug-likeness (QED) is 0.713. The van der Waals surface area contributed by atoms with Crippen LogP contribution in [0, 0.1) is 0 Å². The second kappa shape index (κ2) is 7.46. The maximum Gasteiger partial charge on any atom is 0.281 e. The standard InChI is InChI=1S/C15H30N4O3S/c1-5-16(4)23(21,22)18-11-9-17(10-12-18)14-7-6-8-19(13(2)3)15(14)20/h13-14H,5-12H2,1-4H3/t14-/m1/s1. The van der Waals surface area contributed by atoms with Crippen molar-refractivity contribution in [2.75, 3.05) is 46.3 Å². The molecule has 0 N–H and O–H groups in total. The monoisotopic (exact) mass is 346 g/mol. The van der Waals surface area contributed by atoms with Gasteiger partial charge >= 0.3 is 0 Å². The predicted molar refractivity (Wildman–Crippen MR) is 90.2 cm³/mol. The third kappa shape index (κ3) is 3.87. The van der Waals surface area contributed by atoms with Crippen molar-refractivity contribution >= 4 is 16.1 Å². The van der Waals surface area contributed by atoms with Crippen LogP contribution in [-0.2, 0) is 15.0 Å². The second-order valence-electron chi connectivity index (χ2n) is 6.64. The summed E-state index contributed by atoms with van der Waals surface area (Å²) in [6, 6.07) is 0.144. The van der Waals surface area contributed by atoms with Gasteiger partial charge in [-0.2, -0.15) is 17.0 Å². The van der Waals surface area contributed by atoms with Crippen molar-refractivity contribution in [3.63, 3.8) is 0 Å². The summed E-state index contributed by atoms with van der Waals surface area (Å²) in [5.74, 6) is 0.202. The molecule has 2 aliphatic rings. The number of nitrogens with zero attached hydrogens (tertiary/aromatic N) is 4. The molecule has 0 aliphatic carbocycles. The predicted octanol–water partition coefficient (Wildman–Crippen LogP) is 0.200. The minimum Gasteiger partial charge on any atom is -0.339 e. The minimum atomic E-state index is -3.36. The van der Waals surface area contributed by atoms with Gasteiger partial charge in [-0.1, -0.05) is 6.92 Å². The van der Waals surface area contributed by atoms with Gasteiger partial charge in [0.1, 0.15) is 0 Å². The highest BCUT2D eigenvalue weighted by Crippen LogP contribution is 2.21. The topological polar surface area (TPSA) is 64.2 Å². The van der Waals surface area contributed by atoms with Crippen molar-refractivity contribution in [1.29, 1.82) is 0 Å². The molecule has 0 saturated carbocycles. The van der Waals surface area contributed by atoms with Gasteiger partial charge in [0.2, 0.25) is 5.91 Å². The van der Waals surface area contributed by atoms with E-state index in [0.717, 1.165) is 19.4 Å².